The number of amidine groups is 1. The van der Waals surface area contributed by atoms with Gasteiger partial charge < -0.3 is 48.6 Å². The molecule has 2 atom stereocenters. The van der Waals surface area contributed by atoms with Crippen molar-refractivity contribution < 1.29 is 29.5 Å². The summed E-state index contributed by atoms with van der Waals surface area (Å²) in [7, 11) is 0. The summed E-state index contributed by atoms with van der Waals surface area (Å²) in [4.78, 5) is 29.5. The van der Waals surface area contributed by atoms with Gasteiger partial charge in [0.1, 0.15) is 31.1 Å². The van der Waals surface area contributed by atoms with Crippen LogP contribution in [-0.4, -0.2) is 59.2 Å². The smallest absolute Gasteiger partial charge is 0.320 e. The monoisotopic (exact) mass is 351 g/mol. The van der Waals surface area contributed by atoms with E-state index >= 15 is 0 Å². The number of carboxylic acid groups (broad SMARTS) is 2. The van der Waals surface area contributed by atoms with Crippen LogP contribution in [0.15, 0.2) is 10.3 Å². The second-order valence-electron chi connectivity index (χ2n) is 4.38. The molecule has 0 radical (unpaired) electrons. The van der Waals surface area contributed by atoms with Crippen LogP contribution in [0.3, 0.4) is 0 Å². The lowest BCUT2D eigenvalue weighted by molar-refractivity contribution is -0.139. The SMILES string of the molecule is CC(N)=NOCC[C@H](N)C(=O)O.NC(N)=NOCC[C@H](N)C(=O)O. The normalized spacial score (nSPS) is 12.9. The standard InChI is InChI=1S/C6H13N3O3.C5H12N4O3/c1-4(7)9-12-3-2-5(8)6(10)11;6-3(4(10)11)1-2-12-9-5(7)8/h5H,2-3,8H2,1H3,(H2,7,9)(H,10,11);3H,1-2,6H2,(H,10,11)(H4,7,8,9)/t5-;3-/m00/s1. The molecule has 0 unspecified atom stereocenters. The summed E-state index contributed by atoms with van der Waals surface area (Å²) in [6.45, 7) is 1.80. The Morgan fingerprint density at radius 1 is 0.917 bits per heavy atom. The van der Waals surface area contributed by atoms with Crippen LogP contribution in [0.1, 0.15) is 19.8 Å². The van der Waals surface area contributed by atoms with Crippen molar-refractivity contribution >= 4 is 23.7 Å². The van der Waals surface area contributed by atoms with E-state index in [4.69, 9.17) is 38.9 Å². The second kappa shape index (κ2) is 13.8. The summed E-state index contributed by atoms with van der Waals surface area (Å²) >= 11 is 0. The number of nitrogens with zero attached hydrogens (tertiary/aromatic N) is 2. The Hall–Kier alpha value is -2.80. The van der Waals surface area contributed by atoms with E-state index in [0.29, 0.717) is 5.84 Å². The number of hydrogen-bond donors (Lipinski definition) is 7. The highest BCUT2D eigenvalue weighted by atomic mass is 16.6. The molecule has 13 nitrogen and oxygen atoms in total. The lowest BCUT2D eigenvalue weighted by Gasteiger charge is -2.03. The molecular weight excluding hydrogens is 326 g/mol. The Labute approximate surface area is 138 Å². The first-order valence-corrected chi connectivity index (χ1v) is 6.67. The van der Waals surface area contributed by atoms with Crippen LogP contribution in [0.5, 0.6) is 0 Å². The zero-order chi connectivity index (χ0) is 19.1. The van der Waals surface area contributed by atoms with Crippen molar-refractivity contribution in [1.29, 1.82) is 0 Å². The number of oxime groups is 2. The molecule has 0 amide bonds. The highest BCUT2D eigenvalue weighted by Gasteiger charge is 2.11. The van der Waals surface area contributed by atoms with Gasteiger partial charge in [0.2, 0.25) is 5.96 Å². The Bertz CT molecular complexity index is 395. The fraction of sp³-hybridized carbons (Fsp3) is 0.636. The second-order valence-corrected chi connectivity index (χ2v) is 4.38. The average Bonchev–Trinajstić information content (AvgIpc) is 2.47. The quantitative estimate of drug-likeness (QED) is 0.0908. The van der Waals surface area contributed by atoms with Gasteiger partial charge in [-0.3, -0.25) is 9.59 Å². The summed E-state index contributed by atoms with van der Waals surface area (Å²) in [5, 5.41) is 23.3. The third kappa shape index (κ3) is 17.3. The number of aliphatic carboxylic acids is 2. The molecule has 13 heteroatoms. The van der Waals surface area contributed by atoms with E-state index in [1.807, 2.05) is 0 Å². The van der Waals surface area contributed by atoms with Crippen LogP contribution < -0.4 is 28.7 Å². The summed E-state index contributed by atoms with van der Waals surface area (Å²) in [5.41, 5.74) is 25.3. The topological polar surface area (TPSA) is 248 Å². The molecule has 0 aromatic rings. The molecule has 0 aliphatic carbocycles. The van der Waals surface area contributed by atoms with Gasteiger partial charge in [0.05, 0.1) is 0 Å². The molecule has 0 aliphatic heterocycles. The van der Waals surface area contributed by atoms with Gasteiger partial charge in [0, 0.05) is 12.8 Å². The molecule has 0 saturated carbocycles. The Morgan fingerprint density at radius 3 is 1.58 bits per heavy atom. The van der Waals surface area contributed by atoms with E-state index in [9.17, 15) is 9.59 Å². The molecule has 12 N–H and O–H groups in total. The van der Waals surface area contributed by atoms with Gasteiger partial charge in [-0.15, -0.1) is 0 Å². The fourth-order valence-corrected chi connectivity index (χ4v) is 0.874. The van der Waals surface area contributed by atoms with E-state index < -0.39 is 24.0 Å². The van der Waals surface area contributed by atoms with Gasteiger partial charge in [0.15, 0.2) is 0 Å². The van der Waals surface area contributed by atoms with Gasteiger partial charge in [-0.1, -0.05) is 5.16 Å². The van der Waals surface area contributed by atoms with Gasteiger partial charge in [-0.05, 0) is 12.1 Å². The molecular formula is C11H25N7O6. The summed E-state index contributed by atoms with van der Waals surface area (Å²) in [6, 6.07) is -1.85. The van der Waals surface area contributed by atoms with Crippen molar-refractivity contribution in [2.24, 2.45) is 39.0 Å². The number of nitrogens with two attached hydrogens (primary N) is 5. The van der Waals surface area contributed by atoms with Crippen LogP contribution in [0.4, 0.5) is 0 Å². The Morgan fingerprint density at radius 2 is 1.29 bits per heavy atom. The average molecular weight is 351 g/mol. The molecule has 0 aliphatic rings. The van der Waals surface area contributed by atoms with Gasteiger partial charge >= 0.3 is 11.9 Å². The van der Waals surface area contributed by atoms with Crippen LogP contribution in [0, 0.1) is 0 Å². The van der Waals surface area contributed by atoms with Crippen molar-refractivity contribution in [1.82, 2.24) is 0 Å². The molecule has 0 heterocycles. The highest BCUT2D eigenvalue weighted by molar-refractivity contribution is 5.76. The predicted molar refractivity (Wildman–Crippen MR) is 85.5 cm³/mol. The van der Waals surface area contributed by atoms with Gasteiger partial charge in [-0.25, -0.2) is 0 Å². The molecule has 0 rings (SSSR count). The van der Waals surface area contributed by atoms with Crippen molar-refractivity contribution in [2.45, 2.75) is 31.8 Å². The maximum atomic E-state index is 10.2. The predicted octanol–water partition coefficient (Wildman–Crippen LogP) is -2.91. The summed E-state index contributed by atoms with van der Waals surface area (Å²) in [5.74, 6) is -2.05. The van der Waals surface area contributed by atoms with Crippen LogP contribution >= 0.6 is 0 Å². The van der Waals surface area contributed by atoms with E-state index in [-0.39, 0.29) is 32.0 Å². The fourth-order valence-electron chi connectivity index (χ4n) is 0.874. The maximum Gasteiger partial charge on any atom is 0.320 e. The van der Waals surface area contributed by atoms with Crippen LogP contribution in [0.2, 0.25) is 0 Å². The van der Waals surface area contributed by atoms with Gasteiger partial charge in [-0.2, -0.15) is 0 Å². The molecule has 0 fully saturated rings. The number of carbonyl (C=O) groups is 2. The van der Waals surface area contributed by atoms with E-state index in [1.54, 1.807) is 6.92 Å². The molecule has 0 bridgehead atoms. The molecule has 24 heavy (non-hydrogen) atoms. The highest BCUT2D eigenvalue weighted by Crippen LogP contribution is 1.90. The minimum absolute atomic E-state index is 0.0748. The van der Waals surface area contributed by atoms with Crippen LogP contribution in [-0.2, 0) is 19.3 Å². The first-order chi connectivity index (χ1) is 11.1. The van der Waals surface area contributed by atoms with Gasteiger partial charge in [0.25, 0.3) is 0 Å². The third-order valence-corrected chi connectivity index (χ3v) is 2.05. The number of rotatable bonds is 10. The molecule has 0 saturated heterocycles. The lowest BCUT2D eigenvalue weighted by Crippen LogP contribution is -2.31. The number of guanidine groups is 1. The van der Waals surface area contributed by atoms with E-state index in [0.717, 1.165) is 0 Å². The summed E-state index contributed by atoms with van der Waals surface area (Å²) < 4.78 is 0. The minimum atomic E-state index is -1.08. The first kappa shape index (κ1) is 23.5. The Balaban J connectivity index is 0. The van der Waals surface area contributed by atoms with Crippen molar-refractivity contribution in [3.8, 4) is 0 Å². The van der Waals surface area contributed by atoms with Crippen molar-refractivity contribution in [3.05, 3.63) is 0 Å². The first-order valence-electron chi connectivity index (χ1n) is 6.67. The van der Waals surface area contributed by atoms with Crippen LogP contribution in [0.25, 0.3) is 0 Å². The lowest BCUT2D eigenvalue weighted by atomic mass is 10.2. The van der Waals surface area contributed by atoms with Crippen molar-refractivity contribution in [3.63, 3.8) is 0 Å². The largest absolute Gasteiger partial charge is 0.480 e. The zero-order valence-electron chi connectivity index (χ0n) is 13.3. The maximum absolute atomic E-state index is 10.2. The minimum Gasteiger partial charge on any atom is -0.480 e. The molecule has 0 aromatic heterocycles. The molecule has 0 spiro atoms. The zero-order valence-corrected chi connectivity index (χ0v) is 13.3. The van der Waals surface area contributed by atoms with Crippen molar-refractivity contribution in [2.75, 3.05) is 13.2 Å². The number of carboxylic acids is 2. The molecule has 0 aromatic carbocycles. The van der Waals surface area contributed by atoms with E-state index in [1.165, 1.54) is 0 Å². The third-order valence-electron chi connectivity index (χ3n) is 2.05. The summed E-state index contributed by atoms with van der Waals surface area (Å²) in [6.07, 6.45) is 0.373. The molecule has 140 valence electrons. The number of hydrogen-bond acceptors (Lipinski definition) is 8. The van der Waals surface area contributed by atoms with E-state index in [2.05, 4.69) is 20.0 Å². The Kier molecular flexibility index (Phi) is 13.5.